The van der Waals surface area contributed by atoms with Gasteiger partial charge < -0.3 is 9.87 Å². The van der Waals surface area contributed by atoms with Crippen LogP contribution in [-0.2, 0) is 11.1 Å². The van der Waals surface area contributed by atoms with Crippen LogP contribution < -0.4 is 5.32 Å². The molecule has 1 N–H and O–H groups in total. The molecule has 1 aromatic heterocycles. The normalized spacial score (nSPS) is 12.8. The van der Waals surface area contributed by atoms with Crippen LogP contribution in [0.3, 0.4) is 0 Å². The van der Waals surface area contributed by atoms with Crippen LogP contribution in [-0.4, -0.2) is 21.1 Å². The second-order valence-electron chi connectivity index (χ2n) is 1.91. The van der Waals surface area contributed by atoms with Crippen LogP contribution >= 0.6 is 11.3 Å². The second kappa shape index (κ2) is 4.48. The number of rotatable bonds is 4. The van der Waals surface area contributed by atoms with E-state index in [-0.39, 0.29) is 5.75 Å². The van der Waals surface area contributed by atoms with Gasteiger partial charge in [-0.25, -0.2) is 0 Å². The van der Waals surface area contributed by atoms with Gasteiger partial charge in [0.25, 0.3) is 0 Å². The van der Waals surface area contributed by atoms with Crippen molar-refractivity contribution in [2.75, 3.05) is 17.6 Å². The number of nitrogens with one attached hydrogen (secondary N) is 1. The van der Waals surface area contributed by atoms with E-state index >= 15 is 0 Å². The summed E-state index contributed by atoms with van der Waals surface area (Å²) in [5, 5.41) is 5.93. The topological polar surface area (TPSA) is 52.2 Å². The summed E-state index contributed by atoms with van der Waals surface area (Å²) < 4.78 is 20.2. The molecule has 1 unspecified atom stereocenters. The van der Waals surface area contributed by atoms with Crippen LogP contribution in [0.4, 0.5) is 5.00 Å². The molecule has 0 fully saturated rings. The number of hydrogen-bond acceptors (Lipinski definition) is 4. The van der Waals surface area contributed by atoms with E-state index in [0.29, 0.717) is 6.54 Å². The first-order valence-corrected chi connectivity index (χ1v) is 5.24. The van der Waals surface area contributed by atoms with Crippen LogP contribution in [0.5, 0.6) is 0 Å². The van der Waals surface area contributed by atoms with Crippen molar-refractivity contribution in [3.63, 3.8) is 0 Å². The highest BCUT2D eigenvalue weighted by molar-refractivity contribution is 7.79. The molecule has 0 amide bonds. The van der Waals surface area contributed by atoms with E-state index in [9.17, 15) is 8.76 Å². The molecule has 62 valence electrons. The lowest BCUT2D eigenvalue weighted by molar-refractivity contribution is 0.537. The molecule has 5 heteroatoms. The molecule has 0 saturated carbocycles. The molecule has 0 radical (unpaired) electrons. The first-order chi connectivity index (χ1) is 5.29. The van der Waals surface area contributed by atoms with Crippen LogP contribution in [0.2, 0.25) is 0 Å². The molecule has 11 heavy (non-hydrogen) atoms. The Morgan fingerprint density at radius 1 is 1.73 bits per heavy atom. The van der Waals surface area contributed by atoms with Gasteiger partial charge in [-0.05, 0) is 17.5 Å². The monoisotopic (exact) mass is 190 g/mol. The number of thiophene rings is 1. The third kappa shape index (κ3) is 3.50. The van der Waals surface area contributed by atoms with Gasteiger partial charge in [0, 0.05) is 12.3 Å². The molecule has 1 atom stereocenters. The molecule has 3 nitrogen and oxygen atoms in total. The lowest BCUT2D eigenvalue weighted by atomic mass is 10.6. The van der Waals surface area contributed by atoms with E-state index < -0.39 is 11.1 Å². The van der Waals surface area contributed by atoms with E-state index in [0.717, 1.165) is 5.00 Å². The third-order valence-electron chi connectivity index (χ3n) is 1.09. The summed E-state index contributed by atoms with van der Waals surface area (Å²) in [6.07, 6.45) is 0. The minimum atomic E-state index is -1.93. The van der Waals surface area contributed by atoms with Crippen molar-refractivity contribution in [1.82, 2.24) is 0 Å². The van der Waals surface area contributed by atoms with Gasteiger partial charge in [-0.3, -0.25) is 4.21 Å². The highest BCUT2D eigenvalue weighted by Crippen LogP contribution is 2.13. The summed E-state index contributed by atoms with van der Waals surface area (Å²) in [6, 6.07) is 3.83. The zero-order valence-corrected chi connectivity index (χ0v) is 7.41. The van der Waals surface area contributed by atoms with Crippen LogP contribution in [0.15, 0.2) is 17.5 Å². The summed E-state index contributed by atoms with van der Waals surface area (Å²) in [6.45, 7) is 0.483. The molecule has 0 bridgehead atoms. The summed E-state index contributed by atoms with van der Waals surface area (Å²) in [4.78, 5) is 0. The van der Waals surface area contributed by atoms with Gasteiger partial charge in [0.2, 0.25) is 0 Å². The molecular weight excluding hydrogens is 182 g/mol. The van der Waals surface area contributed by atoms with Gasteiger partial charge in [-0.1, -0.05) is 11.1 Å². The molecule has 1 heterocycles. The molecule has 0 saturated heterocycles. The minimum Gasteiger partial charge on any atom is -0.772 e. The lowest BCUT2D eigenvalue weighted by Gasteiger charge is -2.05. The Morgan fingerprint density at radius 3 is 3.09 bits per heavy atom. The molecule has 0 aliphatic carbocycles. The summed E-state index contributed by atoms with van der Waals surface area (Å²) in [5.41, 5.74) is 0. The third-order valence-corrected chi connectivity index (χ3v) is 2.45. The first kappa shape index (κ1) is 8.70. The van der Waals surface area contributed by atoms with E-state index in [4.69, 9.17) is 0 Å². The number of hydrogen-bond donors (Lipinski definition) is 1. The second-order valence-corrected chi connectivity index (χ2v) is 3.88. The molecule has 0 spiro atoms. The molecule has 0 aromatic carbocycles. The fourth-order valence-corrected chi connectivity index (χ4v) is 1.55. The highest BCUT2D eigenvalue weighted by Gasteiger charge is 1.89. The maximum atomic E-state index is 10.1. The fraction of sp³-hybridized carbons (Fsp3) is 0.333. The van der Waals surface area contributed by atoms with Crippen molar-refractivity contribution < 1.29 is 8.76 Å². The number of anilines is 1. The average Bonchev–Trinajstić information content (AvgIpc) is 2.39. The Labute approximate surface area is 71.7 Å². The largest absolute Gasteiger partial charge is 0.772 e. The van der Waals surface area contributed by atoms with Gasteiger partial charge in [0.1, 0.15) is 0 Å². The van der Waals surface area contributed by atoms with E-state index in [2.05, 4.69) is 5.32 Å². The van der Waals surface area contributed by atoms with Crippen molar-refractivity contribution in [3.8, 4) is 0 Å². The molecule has 0 aliphatic heterocycles. The maximum absolute atomic E-state index is 10.1. The van der Waals surface area contributed by atoms with E-state index in [1.54, 1.807) is 11.3 Å². The minimum absolute atomic E-state index is 0.165. The first-order valence-electron chi connectivity index (χ1n) is 3.12. The Balaban J connectivity index is 2.19. The highest BCUT2D eigenvalue weighted by atomic mass is 32.2. The van der Waals surface area contributed by atoms with Crippen molar-refractivity contribution in [2.45, 2.75) is 0 Å². The summed E-state index contributed by atoms with van der Waals surface area (Å²) in [5.74, 6) is 0.165. The Morgan fingerprint density at radius 2 is 2.55 bits per heavy atom. The van der Waals surface area contributed by atoms with Crippen molar-refractivity contribution >= 4 is 27.4 Å². The van der Waals surface area contributed by atoms with Gasteiger partial charge in [0.05, 0.1) is 5.00 Å². The van der Waals surface area contributed by atoms with Gasteiger partial charge in [0.15, 0.2) is 0 Å². The Kier molecular flexibility index (Phi) is 3.55. The van der Waals surface area contributed by atoms with Crippen molar-refractivity contribution in [3.05, 3.63) is 17.5 Å². The fourth-order valence-electron chi connectivity index (χ4n) is 0.637. The predicted octanol–water partition coefficient (Wildman–Crippen LogP) is 1.04. The van der Waals surface area contributed by atoms with Gasteiger partial charge >= 0.3 is 0 Å². The van der Waals surface area contributed by atoms with Crippen molar-refractivity contribution in [1.29, 1.82) is 0 Å². The molecule has 0 aliphatic rings. The van der Waals surface area contributed by atoms with Crippen LogP contribution in [0, 0.1) is 0 Å². The van der Waals surface area contributed by atoms with Gasteiger partial charge in [-0.2, -0.15) is 0 Å². The Bertz CT molecular complexity index is 222. The summed E-state index contributed by atoms with van der Waals surface area (Å²) >= 11 is -0.372. The van der Waals surface area contributed by atoms with Gasteiger partial charge in [-0.15, -0.1) is 11.3 Å². The maximum Gasteiger partial charge on any atom is 0.0882 e. The van der Waals surface area contributed by atoms with Crippen molar-refractivity contribution in [2.24, 2.45) is 0 Å². The zero-order chi connectivity index (χ0) is 8.10. The van der Waals surface area contributed by atoms with E-state index in [1.165, 1.54) is 0 Å². The van der Waals surface area contributed by atoms with Crippen LogP contribution in [0.1, 0.15) is 0 Å². The average molecular weight is 190 g/mol. The standard InChI is InChI=1S/C6H9NO2S2/c8-11(9)5-3-7-6-2-1-4-10-6/h1-2,4,7H,3,5H2,(H,8,9)/p-1. The zero-order valence-electron chi connectivity index (χ0n) is 5.78. The molecular formula is C6H8NO2S2-. The summed E-state index contributed by atoms with van der Waals surface area (Å²) in [7, 11) is 0. The quantitative estimate of drug-likeness (QED) is 0.722. The smallest absolute Gasteiger partial charge is 0.0882 e. The lowest BCUT2D eigenvalue weighted by Crippen LogP contribution is -2.09. The van der Waals surface area contributed by atoms with E-state index in [1.807, 2.05) is 17.5 Å². The predicted molar refractivity (Wildman–Crippen MR) is 46.6 cm³/mol. The molecule has 1 aromatic rings. The van der Waals surface area contributed by atoms with Crippen LogP contribution in [0.25, 0.3) is 0 Å². The Hall–Kier alpha value is -0.390. The SMILES string of the molecule is O=S([O-])CCNc1cccs1. The molecule has 1 rings (SSSR count).